The van der Waals surface area contributed by atoms with Crippen LogP contribution in [0.4, 0.5) is 5.00 Å². The van der Waals surface area contributed by atoms with Gasteiger partial charge in [-0.3, -0.25) is 9.59 Å². The molecule has 2 heterocycles. The number of hydrogen-bond acceptors (Lipinski definition) is 7. The van der Waals surface area contributed by atoms with Gasteiger partial charge >= 0.3 is 5.97 Å². The van der Waals surface area contributed by atoms with Crippen LogP contribution < -0.4 is 5.32 Å². The van der Waals surface area contributed by atoms with E-state index in [2.05, 4.69) is 5.32 Å². The van der Waals surface area contributed by atoms with Gasteiger partial charge in [0.05, 0.1) is 23.6 Å². The molecule has 0 saturated heterocycles. The van der Waals surface area contributed by atoms with E-state index in [1.165, 1.54) is 46.8 Å². The van der Waals surface area contributed by atoms with Crippen LogP contribution in [-0.4, -0.2) is 61.6 Å². The van der Waals surface area contributed by atoms with Crippen LogP contribution in [-0.2, 0) is 32.5 Å². The molecule has 0 fully saturated rings. The van der Waals surface area contributed by atoms with Crippen LogP contribution in [0.2, 0.25) is 0 Å². The number of carbonyl (C=O) groups is 3. The van der Waals surface area contributed by atoms with Crippen molar-refractivity contribution in [3.8, 4) is 0 Å². The fourth-order valence-electron chi connectivity index (χ4n) is 4.06. The van der Waals surface area contributed by atoms with E-state index in [1.807, 2.05) is 6.92 Å². The monoisotopic (exact) mass is 535 g/mol. The highest BCUT2D eigenvalue weighted by molar-refractivity contribution is 7.89. The number of unbranched alkanes of at least 4 members (excludes halogenated alkanes) is 1. The molecule has 0 saturated carbocycles. The average Bonchev–Trinajstić information content (AvgIpc) is 3.21. The fraction of sp³-hybridized carbons (Fsp3) is 0.480. The van der Waals surface area contributed by atoms with E-state index >= 15 is 0 Å². The van der Waals surface area contributed by atoms with E-state index in [1.54, 1.807) is 18.7 Å². The molecule has 1 aromatic heterocycles. The molecular weight excluding hydrogens is 502 g/mol. The van der Waals surface area contributed by atoms with Crippen molar-refractivity contribution in [2.75, 3.05) is 31.6 Å². The Morgan fingerprint density at radius 2 is 1.83 bits per heavy atom. The Morgan fingerprint density at radius 3 is 2.42 bits per heavy atom. The third kappa shape index (κ3) is 5.96. The maximum Gasteiger partial charge on any atom is 0.341 e. The molecule has 0 atom stereocenters. The maximum atomic E-state index is 13.0. The summed E-state index contributed by atoms with van der Waals surface area (Å²) in [5, 5.41) is 3.17. The second kappa shape index (κ2) is 12.0. The van der Waals surface area contributed by atoms with Gasteiger partial charge in [-0.25, -0.2) is 13.2 Å². The van der Waals surface area contributed by atoms with E-state index in [0.717, 1.165) is 23.3 Å². The lowest BCUT2D eigenvalue weighted by Crippen LogP contribution is -2.34. The van der Waals surface area contributed by atoms with Crippen molar-refractivity contribution in [3.05, 3.63) is 45.8 Å². The molecule has 1 aromatic carbocycles. The van der Waals surface area contributed by atoms with Gasteiger partial charge in [-0.2, -0.15) is 4.31 Å². The van der Waals surface area contributed by atoms with Crippen molar-refractivity contribution in [1.82, 2.24) is 9.21 Å². The third-order valence-electron chi connectivity index (χ3n) is 6.08. The van der Waals surface area contributed by atoms with Gasteiger partial charge < -0.3 is 15.0 Å². The summed E-state index contributed by atoms with van der Waals surface area (Å²) >= 11 is 1.25. The lowest BCUT2D eigenvalue weighted by Gasteiger charge is -2.25. The zero-order valence-electron chi connectivity index (χ0n) is 21.1. The van der Waals surface area contributed by atoms with Gasteiger partial charge in [0.2, 0.25) is 15.9 Å². The molecule has 0 bridgehead atoms. The van der Waals surface area contributed by atoms with Crippen LogP contribution >= 0.6 is 11.3 Å². The van der Waals surface area contributed by atoms with Crippen LogP contribution in [0, 0.1) is 0 Å². The first-order valence-corrected chi connectivity index (χ1v) is 14.4. The molecule has 0 aliphatic carbocycles. The summed E-state index contributed by atoms with van der Waals surface area (Å²) in [6, 6.07) is 5.78. The van der Waals surface area contributed by atoms with E-state index in [-0.39, 0.29) is 23.0 Å². The quantitative estimate of drug-likeness (QED) is 0.462. The number of nitrogens with zero attached hydrogens (tertiary/aromatic N) is 2. The van der Waals surface area contributed by atoms with Gasteiger partial charge in [-0.1, -0.05) is 20.3 Å². The highest BCUT2D eigenvalue weighted by Crippen LogP contribution is 2.38. The summed E-state index contributed by atoms with van der Waals surface area (Å²) in [5.74, 6) is -1.04. The first-order chi connectivity index (χ1) is 17.1. The number of anilines is 1. The maximum absolute atomic E-state index is 13.0. The zero-order valence-corrected chi connectivity index (χ0v) is 22.8. The molecule has 9 nitrogen and oxygen atoms in total. The smallest absolute Gasteiger partial charge is 0.341 e. The lowest BCUT2D eigenvalue weighted by molar-refractivity contribution is -0.129. The number of nitrogens with one attached hydrogen (secondary N) is 1. The fourth-order valence-corrected chi connectivity index (χ4v) is 6.80. The molecule has 36 heavy (non-hydrogen) atoms. The van der Waals surface area contributed by atoms with Gasteiger partial charge in [0.1, 0.15) is 5.00 Å². The average molecular weight is 536 g/mol. The number of benzene rings is 1. The Bertz CT molecular complexity index is 1220. The number of carbonyl (C=O) groups excluding carboxylic acids is 3. The molecule has 1 N–H and O–H groups in total. The molecule has 0 unspecified atom stereocenters. The molecule has 0 radical (unpaired) electrons. The van der Waals surface area contributed by atoms with Gasteiger partial charge in [-0.05, 0) is 49.6 Å². The van der Waals surface area contributed by atoms with E-state index in [9.17, 15) is 22.8 Å². The molecule has 196 valence electrons. The summed E-state index contributed by atoms with van der Waals surface area (Å²) < 4.78 is 32.6. The topological polar surface area (TPSA) is 113 Å². The second-order valence-corrected chi connectivity index (χ2v) is 11.5. The minimum absolute atomic E-state index is 0.0521. The molecule has 0 spiro atoms. The van der Waals surface area contributed by atoms with Crippen LogP contribution in [0.15, 0.2) is 29.2 Å². The Labute approximate surface area is 216 Å². The normalized spacial score (nSPS) is 13.4. The van der Waals surface area contributed by atoms with Crippen molar-refractivity contribution in [2.45, 2.75) is 58.4 Å². The summed E-state index contributed by atoms with van der Waals surface area (Å²) in [6.07, 6.45) is 2.15. The summed E-state index contributed by atoms with van der Waals surface area (Å²) in [4.78, 5) is 40.3. The zero-order chi connectivity index (χ0) is 26.5. The standard InChI is InChI=1S/C25H33N3O6S2/c1-5-8-14-28(6-2)36(32,33)19-11-9-18(10-12-19)23(30)26-24-22(25(31)34-7-3)20-13-15-27(17(4)29)16-21(20)35-24/h9-12H,5-8,13-16H2,1-4H3,(H,26,30). The molecule has 2 amide bonds. The largest absolute Gasteiger partial charge is 0.462 e. The van der Waals surface area contributed by atoms with Gasteiger partial charge in [-0.15, -0.1) is 11.3 Å². The van der Waals surface area contributed by atoms with Crippen molar-refractivity contribution in [1.29, 1.82) is 0 Å². The molecular formula is C25H33N3O6S2. The predicted molar refractivity (Wildman–Crippen MR) is 139 cm³/mol. The number of fused-ring (bicyclic) bond motifs is 1. The van der Waals surface area contributed by atoms with Crippen LogP contribution in [0.25, 0.3) is 0 Å². The van der Waals surface area contributed by atoms with Crippen LogP contribution in [0.1, 0.15) is 71.7 Å². The predicted octanol–water partition coefficient (Wildman–Crippen LogP) is 3.89. The lowest BCUT2D eigenvalue weighted by atomic mass is 10.0. The number of rotatable bonds is 10. The second-order valence-electron chi connectivity index (χ2n) is 8.45. The van der Waals surface area contributed by atoms with Crippen LogP contribution in [0.3, 0.4) is 0 Å². The Balaban J connectivity index is 1.85. The van der Waals surface area contributed by atoms with E-state index in [0.29, 0.717) is 43.2 Å². The van der Waals surface area contributed by atoms with E-state index < -0.39 is 21.9 Å². The highest BCUT2D eigenvalue weighted by Gasteiger charge is 2.30. The molecule has 1 aliphatic rings. The van der Waals surface area contributed by atoms with Gasteiger partial charge in [0.25, 0.3) is 5.91 Å². The highest BCUT2D eigenvalue weighted by atomic mass is 32.2. The summed E-state index contributed by atoms with van der Waals surface area (Å²) in [5.41, 5.74) is 1.37. The Morgan fingerprint density at radius 1 is 1.14 bits per heavy atom. The van der Waals surface area contributed by atoms with Gasteiger partial charge in [0, 0.05) is 37.0 Å². The number of ether oxygens (including phenoxy) is 1. The van der Waals surface area contributed by atoms with Gasteiger partial charge in [0.15, 0.2) is 0 Å². The van der Waals surface area contributed by atoms with Crippen LogP contribution in [0.5, 0.6) is 0 Å². The van der Waals surface area contributed by atoms with E-state index in [4.69, 9.17) is 4.74 Å². The first kappa shape index (κ1) is 27.8. The Hall–Kier alpha value is -2.76. The van der Waals surface area contributed by atoms with Crippen molar-refractivity contribution in [2.24, 2.45) is 0 Å². The van der Waals surface area contributed by atoms with Crippen molar-refractivity contribution < 1.29 is 27.5 Å². The minimum atomic E-state index is -3.65. The number of esters is 1. The summed E-state index contributed by atoms with van der Waals surface area (Å²) in [6.45, 7) is 8.88. The van der Waals surface area contributed by atoms with Crippen molar-refractivity contribution >= 4 is 44.1 Å². The number of thiophene rings is 1. The first-order valence-electron chi connectivity index (χ1n) is 12.1. The SMILES string of the molecule is CCCCN(CC)S(=O)(=O)c1ccc(C(=O)Nc2sc3c(c2C(=O)OCC)CCN(C(C)=O)C3)cc1. The molecule has 2 aromatic rings. The minimum Gasteiger partial charge on any atom is -0.462 e. The molecule has 1 aliphatic heterocycles. The third-order valence-corrected chi connectivity index (χ3v) is 9.20. The molecule has 11 heteroatoms. The summed E-state index contributed by atoms with van der Waals surface area (Å²) in [7, 11) is -3.65. The Kier molecular flexibility index (Phi) is 9.26. The molecule has 3 rings (SSSR count). The number of sulfonamides is 1. The number of amides is 2. The number of hydrogen-bond donors (Lipinski definition) is 1. The van der Waals surface area contributed by atoms with Crippen molar-refractivity contribution in [3.63, 3.8) is 0 Å².